The van der Waals surface area contributed by atoms with Crippen molar-refractivity contribution in [3.63, 3.8) is 0 Å². The molecular weight excluding hydrogens is 434 g/mol. The summed E-state index contributed by atoms with van der Waals surface area (Å²) in [6.45, 7) is 13.0. The van der Waals surface area contributed by atoms with Gasteiger partial charge in [0.25, 0.3) is 0 Å². The molecule has 5 saturated carbocycles. The zero-order chi connectivity index (χ0) is 24.5. The summed E-state index contributed by atoms with van der Waals surface area (Å²) in [6.07, 6.45) is 11.6. The highest BCUT2D eigenvalue weighted by molar-refractivity contribution is 5.83. The first kappa shape index (κ1) is 23.7. The Balaban J connectivity index is 1.18. The Kier molecular flexibility index (Phi) is 4.97. The maximum absolute atomic E-state index is 13.2. The van der Waals surface area contributed by atoms with Gasteiger partial charge in [0.2, 0.25) is 0 Å². The summed E-state index contributed by atoms with van der Waals surface area (Å²) >= 11 is 0. The van der Waals surface area contributed by atoms with E-state index < -0.39 is 0 Å². The molecule has 14 atom stereocenters. The Hall–Kier alpha value is -0.450. The number of ketones is 1. The molecule has 196 valence electrons. The van der Waals surface area contributed by atoms with E-state index in [-0.39, 0.29) is 22.7 Å². The fourth-order valence-corrected chi connectivity index (χ4v) is 11.5. The van der Waals surface area contributed by atoms with E-state index in [9.17, 15) is 4.79 Å². The first-order chi connectivity index (χ1) is 16.5. The topological polar surface area (TPSA) is 61.5 Å². The lowest BCUT2D eigenvalue weighted by molar-refractivity contribution is -0.273. The summed E-state index contributed by atoms with van der Waals surface area (Å²) in [4.78, 5) is 13.2. The van der Waals surface area contributed by atoms with Crippen molar-refractivity contribution in [2.24, 2.45) is 69.8 Å². The van der Waals surface area contributed by atoms with E-state index in [0.29, 0.717) is 58.7 Å². The van der Waals surface area contributed by atoms with Gasteiger partial charge in [-0.1, -0.05) is 34.6 Å². The second kappa shape index (κ2) is 7.35. The van der Waals surface area contributed by atoms with E-state index in [4.69, 9.17) is 15.2 Å². The number of ether oxygens (including phenoxy) is 2. The predicted octanol–water partition coefficient (Wildman–Crippen LogP) is 5.97. The van der Waals surface area contributed by atoms with Gasteiger partial charge in [-0.2, -0.15) is 0 Å². The highest BCUT2D eigenvalue weighted by atomic mass is 16.7. The number of hydrogen-bond acceptors (Lipinski definition) is 4. The number of hydrogen-bond donors (Lipinski definition) is 1. The lowest BCUT2D eigenvalue weighted by atomic mass is 9.40. The molecule has 2 saturated heterocycles. The molecule has 5 aliphatic carbocycles. The Morgan fingerprint density at radius 1 is 0.971 bits per heavy atom. The summed E-state index contributed by atoms with van der Waals surface area (Å²) in [5.74, 6) is 5.26. The van der Waals surface area contributed by atoms with Gasteiger partial charge in [0.1, 0.15) is 5.78 Å². The molecular formula is C31H49NO3. The van der Waals surface area contributed by atoms with Crippen molar-refractivity contribution in [3.05, 3.63) is 0 Å². The van der Waals surface area contributed by atoms with Gasteiger partial charge in [0, 0.05) is 30.2 Å². The Morgan fingerprint density at radius 3 is 2.43 bits per heavy atom. The number of carbonyl (C=O) groups excluding carboxylic acids is 1. The van der Waals surface area contributed by atoms with Crippen molar-refractivity contribution in [1.29, 1.82) is 0 Å². The predicted molar refractivity (Wildman–Crippen MR) is 136 cm³/mol. The molecule has 2 N–H and O–H groups in total. The van der Waals surface area contributed by atoms with Crippen molar-refractivity contribution in [2.45, 2.75) is 116 Å². The maximum atomic E-state index is 13.2. The molecule has 1 spiro atoms. The Bertz CT molecular complexity index is 911. The largest absolute Gasteiger partial charge is 0.349 e. The van der Waals surface area contributed by atoms with Gasteiger partial charge in [0.05, 0.1) is 12.7 Å². The van der Waals surface area contributed by atoms with Gasteiger partial charge in [-0.15, -0.1) is 0 Å². The molecule has 0 bridgehead atoms. The van der Waals surface area contributed by atoms with E-state index in [1.807, 2.05) is 0 Å². The number of rotatable bonds is 1. The van der Waals surface area contributed by atoms with Crippen LogP contribution in [0.5, 0.6) is 0 Å². The molecule has 4 nitrogen and oxygen atoms in total. The maximum Gasteiger partial charge on any atom is 0.171 e. The molecule has 0 amide bonds. The summed E-state index contributed by atoms with van der Waals surface area (Å²) in [5, 5.41) is 0. The summed E-state index contributed by atoms with van der Waals surface area (Å²) < 4.78 is 13.5. The lowest BCUT2D eigenvalue weighted by Crippen LogP contribution is -2.71. The molecule has 0 radical (unpaired) electrons. The van der Waals surface area contributed by atoms with E-state index in [0.717, 1.165) is 38.2 Å². The summed E-state index contributed by atoms with van der Waals surface area (Å²) in [5.41, 5.74) is 7.96. The zero-order valence-corrected chi connectivity index (χ0v) is 22.9. The van der Waals surface area contributed by atoms with Crippen LogP contribution in [0.4, 0.5) is 0 Å². The van der Waals surface area contributed by atoms with Crippen LogP contribution in [-0.4, -0.2) is 29.8 Å². The standard InChI is InChI=1S/C31H49NO3/c1-17-8-9-31(34-16-17)19(3)27-26(35-31)14-24-23-7-6-20-13-25(33)22(21-12-18(21)2)15-29(20,5)30(23,32)11-10-28(24,27)4/h17-24,26-27H,6-16,32H2,1-5H3/t17?,18-,19-,20+,21?,22-,23-,24-,26-,27-,28-,29-,30+,31+/m0/s1. The molecule has 0 aromatic rings. The van der Waals surface area contributed by atoms with Crippen LogP contribution in [0.25, 0.3) is 0 Å². The van der Waals surface area contributed by atoms with Crippen LogP contribution >= 0.6 is 0 Å². The van der Waals surface area contributed by atoms with Gasteiger partial charge >= 0.3 is 0 Å². The first-order valence-electron chi connectivity index (χ1n) is 15.2. The van der Waals surface area contributed by atoms with Gasteiger partial charge < -0.3 is 15.2 Å². The van der Waals surface area contributed by atoms with Crippen LogP contribution in [0.15, 0.2) is 0 Å². The molecule has 7 fully saturated rings. The van der Waals surface area contributed by atoms with Crippen molar-refractivity contribution in [3.8, 4) is 0 Å². The third kappa shape index (κ3) is 2.94. The highest BCUT2D eigenvalue weighted by Gasteiger charge is 2.72. The normalized spacial score (nSPS) is 63.3. The third-order valence-corrected chi connectivity index (χ3v) is 13.9. The third-order valence-electron chi connectivity index (χ3n) is 13.9. The van der Waals surface area contributed by atoms with E-state index >= 15 is 0 Å². The molecule has 0 aromatic heterocycles. The fourth-order valence-electron chi connectivity index (χ4n) is 11.5. The van der Waals surface area contributed by atoms with Crippen LogP contribution in [-0.2, 0) is 14.3 Å². The number of Topliss-reactive ketones (excluding diaryl/α,β-unsaturated/α-hetero) is 1. The Morgan fingerprint density at radius 2 is 1.74 bits per heavy atom. The van der Waals surface area contributed by atoms with Crippen molar-refractivity contribution in [2.75, 3.05) is 6.61 Å². The van der Waals surface area contributed by atoms with Gasteiger partial charge in [-0.3, -0.25) is 4.79 Å². The van der Waals surface area contributed by atoms with Crippen LogP contribution < -0.4 is 5.73 Å². The van der Waals surface area contributed by atoms with E-state index in [1.54, 1.807) is 0 Å². The summed E-state index contributed by atoms with van der Waals surface area (Å²) in [6, 6.07) is 0. The average Bonchev–Trinajstić information content (AvgIpc) is 3.38. The van der Waals surface area contributed by atoms with Crippen LogP contribution in [0.3, 0.4) is 0 Å². The minimum absolute atomic E-state index is 0.103. The lowest BCUT2D eigenvalue weighted by Gasteiger charge is -2.66. The zero-order valence-electron chi connectivity index (χ0n) is 22.9. The van der Waals surface area contributed by atoms with Gasteiger partial charge in [-0.25, -0.2) is 0 Å². The monoisotopic (exact) mass is 483 g/mol. The molecule has 4 heteroatoms. The number of fused-ring (bicyclic) bond motifs is 7. The molecule has 2 unspecified atom stereocenters. The van der Waals surface area contributed by atoms with Crippen LogP contribution in [0.1, 0.15) is 98.8 Å². The summed E-state index contributed by atoms with van der Waals surface area (Å²) in [7, 11) is 0. The average molecular weight is 484 g/mol. The van der Waals surface area contributed by atoms with E-state index in [1.165, 1.54) is 38.5 Å². The number of nitrogens with two attached hydrogens (primary N) is 1. The molecule has 2 heterocycles. The second-order valence-corrected chi connectivity index (χ2v) is 15.3. The van der Waals surface area contributed by atoms with Crippen molar-refractivity contribution < 1.29 is 14.3 Å². The van der Waals surface area contributed by atoms with Gasteiger partial charge in [-0.05, 0) is 104 Å². The Labute approximate surface area is 212 Å². The molecule has 7 aliphatic rings. The molecule has 7 rings (SSSR count). The first-order valence-corrected chi connectivity index (χ1v) is 15.2. The van der Waals surface area contributed by atoms with Crippen LogP contribution in [0, 0.1) is 64.1 Å². The smallest absolute Gasteiger partial charge is 0.171 e. The molecule has 2 aliphatic heterocycles. The molecule has 35 heavy (non-hydrogen) atoms. The molecule has 0 aromatic carbocycles. The quantitative estimate of drug-likeness (QED) is 0.499. The minimum Gasteiger partial charge on any atom is -0.349 e. The second-order valence-electron chi connectivity index (χ2n) is 15.3. The van der Waals surface area contributed by atoms with Crippen LogP contribution in [0.2, 0.25) is 0 Å². The minimum atomic E-state index is -0.339. The highest BCUT2D eigenvalue weighted by Crippen LogP contribution is 2.72. The number of carbonyl (C=O) groups is 1. The van der Waals surface area contributed by atoms with Crippen molar-refractivity contribution in [1.82, 2.24) is 0 Å². The van der Waals surface area contributed by atoms with Gasteiger partial charge in [0.15, 0.2) is 5.79 Å². The SMILES string of the molecule is CC1CC[C@@]2(OC1)O[C@H]1C[C@H]3[C@@H]4CC[C@@H]5CC(=O)[C@H](C6C[C@@H]6C)C[C@]5(C)[C@@]4(N)CC[C@]3(C)[C@H]1[C@@H]2C. The van der Waals surface area contributed by atoms with Crippen molar-refractivity contribution >= 4 is 5.78 Å². The fraction of sp³-hybridized carbons (Fsp3) is 0.968. The van der Waals surface area contributed by atoms with E-state index in [2.05, 4.69) is 34.6 Å².